The molecule has 1 heteroatoms. The second kappa shape index (κ2) is 3.95. The number of hydrogen-bond acceptors (Lipinski definition) is 1. The lowest BCUT2D eigenvalue weighted by atomic mass is 9.72. The summed E-state index contributed by atoms with van der Waals surface area (Å²) in [4.78, 5) is 11.4. The molecule has 0 radical (unpaired) electrons. The third-order valence-electron chi connectivity index (χ3n) is 2.64. The average molecular weight is 190 g/mol. The van der Waals surface area contributed by atoms with Crippen LogP contribution in [0.4, 0.5) is 0 Å². The van der Waals surface area contributed by atoms with Gasteiger partial charge in [-0.1, -0.05) is 26.0 Å². The van der Waals surface area contributed by atoms with Gasteiger partial charge in [0.2, 0.25) is 0 Å². The topological polar surface area (TPSA) is 17.1 Å². The van der Waals surface area contributed by atoms with Crippen LogP contribution in [0.5, 0.6) is 0 Å². The van der Waals surface area contributed by atoms with Crippen LogP contribution in [0.2, 0.25) is 0 Å². The van der Waals surface area contributed by atoms with Gasteiger partial charge in [0.15, 0.2) is 5.78 Å². The van der Waals surface area contributed by atoms with Crippen LogP contribution in [-0.2, 0) is 4.79 Å². The van der Waals surface area contributed by atoms with E-state index in [0.717, 1.165) is 12.0 Å². The van der Waals surface area contributed by atoms with Gasteiger partial charge in [-0.15, -0.1) is 6.58 Å². The molecule has 0 spiro atoms. The third-order valence-corrected chi connectivity index (χ3v) is 2.64. The van der Waals surface area contributed by atoms with Crippen molar-refractivity contribution in [2.75, 3.05) is 0 Å². The van der Waals surface area contributed by atoms with E-state index in [1.165, 1.54) is 5.57 Å². The van der Waals surface area contributed by atoms with E-state index in [1.54, 1.807) is 6.08 Å². The molecule has 1 aliphatic carbocycles. The summed E-state index contributed by atoms with van der Waals surface area (Å²) in [7, 11) is 0. The van der Waals surface area contributed by atoms with Crippen molar-refractivity contribution in [3.8, 4) is 0 Å². The molecule has 1 rings (SSSR count). The molecule has 0 atom stereocenters. The summed E-state index contributed by atoms with van der Waals surface area (Å²) in [6.45, 7) is 9.95. The fourth-order valence-corrected chi connectivity index (χ4v) is 2.07. The average Bonchev–Trinajstić information content (AvgIpc) is 2.00. The van der Waals surface area contributed by atoms with Gasteiger partial charge in [0.1, 0.15) is 0 Å². The van der Waals surface area contributed by atoms with Crippen molar-refractivity contribution >= 4 is 5.78 Å². The van der Waals surface area contributed by atoms with Crippen LogP contribution in [-0.4, -0.2) is 5.78 Å². The maximum absolute atomic E-state index is 11.4. The molecule has 0 saturated heterocycles. The number of carbonyl (C=O) groups is 1. The van der Waals surface area contributed by atoms with Crippen LogP contribution >= 0.6 is 0 Å². The van der Waals surface area contributed by atoms with Gasteiger partial charge in [0.25, 0.3) is 0 Å². The fourth-order valence-electron chi connectivity index (χ4n) is 2.07. The van der Waals surface area contributed by atoms with Crippen molar-refractivity contribution in [1.82, 2.24) is 0 Å². The van der Waals surface area contributed by atoms with Crippen molar-refractivity contribution in [2.24, 2.45) is 5.41 Å². The van der Waals surface area contributed by atoms with Gasteiger partial charge in [-0.25, -0.2) is 0 Å². The first-order chi connectivity index (χ1) is 6.47. The van der Waals surface area contributed by atoms with Crippen molar-refractivity contribution < 1.29 is 4.79 Å². The zero-order valence-electron chi connectivity index (χ0n) is 9.26. The smallest absolute Gasteiger partial charge is 0.156 e. The molecule has 0 bridgehead atoms. The Morgan fingerprint density at radius 3 is 2.71 bits per heavy atom. The molecule has 1 nitrogen and oxygen atoms in total. The van der Waals surface area contributed by atoms with Crippen LogP contribution in [0.25, 0.3) is 0 Å². The van der Waals surface area contributed by atoms with Crippen LogP contribution in [0.15, 0.2) is 36.0 Å². The first kappa shape index (κ1) is 11.0. The molecule has 0 fully saturated rings. The van der Waals surface area contributed by atoms with E-state index in [4.69, 9.17) is 0 Å². The predicted molar refractivity (Wildman–Crippen MR) is 60.1 cm³/mol. The molecule has 0 heterocycles. The lowest BCUT2D eigenvalue weighted by Crippen LogP contribution is -2.24. The fraction of sp³-hybridized carbons (Fsp3) is 0.462. The van der Waals surface area contributed by atoms with E-state index in [2.05, 4.69) is 26.5 Å². The predicted octanol–water partition coefficient (Wildman–Crippen LogP) is 3.43. The van der Waals surface area contributed by atoms with Crippen molar-refractivity contribution in [3.05, 3.63) is 36.0 Å². The summed E-state index contributed by atoms with van der Waals surface area (Å²) in [6.07, 6.45) is 7.30. The molecule has 14 heavy (non-hydrogen) atoms. The summed E-state index contributed by atoms with van der Waals surface area (Å²) < 4.78 is 0. The highest BCUT2D eigenvalue weighted by atomic mass is 16.1. The molecule has 0 aromatic carbocycles. The summed E-state index contributed by atoms with van der Waals surface area (Å²) in [6, 6.07) is 0. The number of rotatable bonds is 2. The maximum atomic E-state index is 11.4. The Balaban J connectivity index is 3.06. The van der Waals surface area contributed by atoms with E-state index in [1.807, 2.05) is 13.0 Å². The van der Waals surface area contributed by atoms with Crippen molar-refractivity contribution in [3.63, 3.8) is 0 Å². The third kappa shape index (κ3) is 2.22. The van der Waals surface area contributed by atoms with Gasteiger partial charge in [-0.05, 0) is 36.0 Å². The Morgan fingerprint density at radius 1 is 1.57 bits per heavy atom. The van der Waals surface area contributed by atoms with Crippen LogP contribution < -0.4 is 0 Å². The van der Waals surface area contributed by atoms with E-state index in [0.29, 0.717) is 6.42 Å². The molecule has 0 aromatic rings. The largest absolute Gasteiger partial charge is 0.295 e. The summed E-state index contributed by atoms with van der Waals surface area (Å²) >= 11 is 0. The van der Waals surface area contributed by atoms with Gasteiger partial charge >= 0.3 is 0 Å². The molecular formula is C13H18O. The van der Waals surface area contributed by atoms with Crippen molar-refractivity contribution in [2.45, 2.75) is 33.6 Å². The van der Waals surface area contributed by atoms with Crippen LogP contribution in [0.1, 0.15) is 33.6 Å². The summed E-state index contributed by atoms with van der Waals surface area (Å²) in [5.41, 5.74) is 2.38. The zero-order valence-corrected chi connectivity index (χ0v) is 9.26. The van der Waals surface area contributed by atoms with Gasteiger partial charge in [0.05, 0.1) is 0 Å². The van der Waals surface area contributed by atoms with Crippen LogP contribution in [0, 0.1) is 5.41 Å². The minimum absolute atomic E-state index is 0.0150. The highest BCUT2D eigenvalue weighted by Gasteiger charge is 2.30. The number of carbonyl (C=O) groups excluding carboxylic acids is 1. The Labute approximate surface area is 86.2 Å². The van der Waals surface area contributed by atoms with E-state index >= 15 is 0 Å². The minimum Gasteiger partial charge on any atom is -0.295 e. The number of ketones is 1. The van der Waals surface area contributed by atoms with E-state index in [-0.39, 0.29) is 11.2 Å². The molecule has 0 amide bonds. The van der Waals surface area contributed by atoms with Gasteiger partial charge in [-0.2, -0.15) is 0 Å². The van der Waals surface area contributed by atoms with Crippen LogP contribution in [0.3, 0.4) is 0 Å². The zero-order chi connectivity index (χ0) is 10.8. The summed E-state index contributed by atoms with van der Waals surface area (Å²) in [5.74, 6) is 0.239. The SMILES string of the molecule is C=CC/C=C1\C(C)=CC(=O)CC1(C)C. The molecule has 76 valence electrons. The molecule has 0 saturated carbocycles. The standard InChI is InChI=1S/C13H18O/c1-5-6-7-12-10(2)8-11(14)9-13(12,3)4/h5,7-8H,1,6,9H2,2-4H3/b12-7+. The highest BCUT2D eigenvalue weighted by molar-refractivity contribution is 5.93. The number of hydrogen-bond donors (Lipinski definition) is 0. The normalized spacial score (nSPS) is 23.5. The quantitative estimate of drug-likeness (QED) is 0.610. The highest BCUT2D eigenvalue weighted by Crippen LogP contribution is 2.39. The first-order valence-electron chi connectivity index (χ1n) is 5.00. The molecule has 0 N–H and O–H groups in total. The van der Waals surface area contributed by atoms with Gasteiger partial charge in [-0.3, -0.25) is 4.79 Å². The van der Waals surface area contributed by atoms with Crippen molar-refractivity contribution in [1.29, 1.82) is 0 Å². The molecule has 0 unspecified atom stereocenters. The van der Waals surface area contributed by atoms with Gasteiger partial charge < -0.3 is 0 Å². The van der Waals surface area contributed by atoms with E-state index < -0.39 is 0 Å². The monoisotopic (exact) mass is 190 g/mol. The molecular weight excluding hydrogens is 172 g/mol. The lowest BCUT2D eigenvalue weighted by Gasteiger charge is -2.31. The Bertz CT molecular complexity index is 316. The number of allylic oxidation sites excluding steroid dienone is 5. The minimum atomic E-state index is -0.0150. The second-order valence-corrected chi connectivity index (χ2v) is 4.50. The maximum Gasteiger partial charge on any atom is 0.156 e. The van der Waals surface area contributed by atoms with E-state index in [9.17, 15) is 4.79 Å². The second-order valence-electron chi connectivity index (χ2n) is 4.50. The summed E-state index contributed by atoms with van der Waals surface area (Å²) in [5, 5.41) is 0. The Morgan fingerprint density at radius 2 is 2.21 bits per heavy atom. The molecule has 1 aliphatic rings. The Hall–Kier alpha value is -1.11. The first-order valence-corrected chi connectivity index (χ1v) is 5.00. The molecule has 0 aliphatic heterocycles. The lowest BCUT2D eigenvalue weighted by molar-refractivity contribution is -0.116. The van der Waals surface area contributed by atoms with Gasteiger partial charge in [0, 0.05) is 6.42 Å². The molecule has 0 aromatic heterocycles. The Kier molecular flexibility index (Phi) is 3.10.